The molecule has 0 bridgehead atoms. The molecule has 0 amide bonds. The second-order valence-corrected chi connectivity index (χ2v) is 3.19. The molecule has 0 unspecified atom stereocenters. The maximum absolute atomic E-state index is 12.4. The van der Waals surface area contributed by atoms with Crippen molar-refractivity contribution in [2.24, 2.45) is 0 Å². The third-order valence-electron chi connectivity index (χ3n) is 1.99. The van der Waals surface area contributed by atoms with Crippen molar-refractivity contribution in [3.05, 3.63) is 35.9 Å². The maximum Gasteiger partial charge on any atom is 0.416 e. The van der Waals surface area contributed by atoms with Crippen molar-refractivity contribution in [3.63, 3.8) is 0 Å². The van der Waals surface area contributed by atoms with Gasteiger partial charge in [0.2, 0.25) is 0 Å². The quantitative estimate of drug-likeness (QED) is 0.731. The summed E-state index contributed by atoms with van der Waals surface area (Å²) < 4.78 is 42.1. The minimum atomic E-state index is -4.34. The summed E-state index contributed by atoms with van der Waals surface area (Å²) in [5, 5.41) is 0. The molecule has 0 atom stereocenters. The number of allylic oxidation sites excluding steroid dienone is 1. The molecule has 0 saturated carbocycles. The zero-order valence-corrected chi connectivity index (χ0v) is 8.48. The Morgan fingerprint density at radius 2 is 1.93 bits per heavy atom. The standard InChI is InChI=1S/C11H11F3O/c1-7(2)9-6-8(11(12,13)14)4-5-10(9)15-3/h4-6H,1H2,2-3H3. The van der Waals surface area contributed by atoms with Crippen LogP contribution in [0.25, 0.3) is 5.57 Å². The Morgan fingerprint density at radius 1 is 1.33 bits per heavy atom. The van der Waals surface area contributed by atoms with E-state index in [0.29, 0.717) is 16.9 Å². The zero-order valence-electron chi connectivity index (χ0n) is 8.48. The summed E-state index contributed by atoms with van der Waals surface area (Å²) in [4.78, 5) is 0. The molecule has 0 fully saturated rings. The normalized spacial score (nSPS) is 11.3. The Labute approximate surface area is 86.2 Å². The van der Waals surface area contributed by atoms with Crippen molar-refractivity contribution in [1.82, 2.24) is 0 Å². The fourth-order valence-electron chi connectivity index (χ4n) is 1.22. The smallest absolute Gasteiger partial charge is 0.416 e. The van der Waals surface area contributed by atoms with Crippen molar-refractivity contribution in [3.8, 4) is 5.75 Å². The van der Waals surface area contributed by atoms with Crippen LogP contribution in [-0.2, 0) is 6.18 Å². The first-order valence-corrected chi connectivity index (χ1v) is 4.27. The Bertz CT molecular complexity index is 380. The van der Waals surface area contributed by atoms with Gasteiger partial charge in [-0.15, -0.1) is 0 Å². The van der Waals surface area contributed by atoms with E-state index in [0.717, 1.165) is 12.1 Å². The first kappa shape index (κ1) is 11.6. The molecule has 1 nitrogen and oxygen atoms in total. The summed E-state index contributed by atoms with van der Waals surface area (Å²) in [6.45, 7) is 5.25. The van der Waals surface area contributed by atoms with E-state index in [2.05, 4.69) is 6.58 Å². The van der Waals surface area contributed by atoms with Gasteiger partial charge in [0.1, 0.15) is 5.75 Å². The lowest BCUT2D eigenvalue weighted by Gasteiger charge is -2.12. The average molecular weight is 216 g/mol. The maximum atomic E-state index is 12.4. The topological polar surface area (TPSA) is 9.23 Å². The van der Waals surface area contributed by atoms with Crippen LogP contribution in [-0.4, -0.2) is 7.11 Å². The van der Waals surface area contributed by atoms with Gasteiger partial charge in [-0.25, -0.2) is 0 Å². The van der Waals surface area contributed by atoms with Gasteiger partial charge in [-0.3, -0.25) is 0 Å². The lowest BCUT2D eigenvalue weighted by atomic mass is 10.0. The fourth-order valence-corrected chi connectivity index (χ4v) is 1.22. The highest BCUT2D eigenvalue weighted by Crippen LogP contribution is 2.34. The molecule has 0 aliphatic rings. The largest absolute Gasteiger partial charge is 0.496 e. The molecular weight excluding hydrogens is 205 g/mol. The van der Waals surface area contributed by atoms with Gasteiger partial charge in [-0.2, -0.15) is 13.2 Å². The highest BCUT2D eigenvalue weighted by molar-refractivity contribution is 5.68. The van der Waals surface area contributed by atoms with Crippen molar-refractivity contribution in [1.29, 1.82) is 0 Å². The van der Waals surface area contributed by atoms with Gasteiger partial charge in [-0.1, -0.05) is 6.58 Å². The van der Waals surface area contributed by atoms with Crippen molar-refractivity contribution in [2.45, 2.75) is 13.1 Å². The van der Waals surface area contributed by atoms with E-state index in [9.17, 15) is 13.2 Å². The van der Waals surface area contributed by atoms with Crippen LogP contribution in [0.3, 0.4) is 0 Å². The predicted molar refractivity (Wildman–Crippen MR) is 52.7 cm³/mol. The van der Waals surface area contributed by atoms with Gasteiger partial charge >= 0.3 is 6.18 Å². The van der Waals surface area contributed by atoms with Crippen LogP contribution >= 0.6 is 0 Å². The number of hydrogen-bond acceptors (Lipinski definition) is 1. The first-order chi connectivity index (χ1) is 6.86. The molecule has 1 rings (SSSR count). The Hall–Kier alpha value is -1.45. The van der Waals surface area contributed by atoms with Crippen LogP contribution in [0.1, 0.15) is 18.1 Å². The summed E-state index contributed by atoms with van der Waals surface area (Å²) in [5.74, 6) is 0.399. The molecule has 0 aromatic heterocycles. The molecule has 1 aromatic rings. The summed E-state index contributed by atoms with van der Waals surface area (Å²) in [5.41, 5.74) is 0.228. The third-order valence-corrected chi connectivity index (χ3v) is 1.99. The summed E-state index contributed by atoms with van der Waals surface area (Å²) in [6, 6.07) is 3.33. The predicted octanol–water partition coefficient (Wildman–Crippen LogP) is 3.75. The number of methoxy groups -OCH3 is 1. The van der Waals surface area contributed by atoms with Gasteiger partial charge in [0.05, 0.1) is 12.7 Å². The van der Waals surface area contributed by atoms with Gasteiger partial charge in [0.25, 0.3) is 0 Å². The minimum absolute atomic E-state index is 0.382. The first-order valence-electron chi connectivity index (χ1n) is 4.27. The second kappa shape index (κ2) is 3.96. The van der Waals surface area contributed by atoms with Crippen LogP contribution in [0.5, 0.6) is 5.75 Å². The summed E-state index contributed by atoms with van der Waals surface area (Å²) in [7, 11) is 1.41. The van der Waals surface area contributed by atoms with Crippen LogP contribution < -0.4 is 4.74 Å². The lowest BCUT2D eigenvalue weighted by molar-refractivity contribution is -0.137. The van der Waals surface area contributed by atoms with E-state index in [-0.39, 0.29) is 0 Å². The molecular formula is C11H11F3O. The van der Waals surface area contributed by atoms with Crippen molar-refractivity contribution < 1.29 is 17.9 Å². The van der Waals surface area contributed by atoms with E-state index in [1.54, 1.807) is 6.92 Å². The molecule has 0 spiro atoms. The number of rotatable bonds is 2. The van der Waals surface area contributed by atoms with Crippen LogP contribution in [0.15, 0.2) is 24.8 Å². The number of ether oxygens (including phenoxy) is 1. The zero-order chi connectivity index (χ0) is 11.6. The van der Waals surface area contributed by atoms with Gasteiger partial charge in [-0.05, 0) is 30.7 Å². The highest BCUT2D eigenvalue weighted by Gasteiger charge is 2.31. The van der Waals surface area contributed by atoms with Gasteiger partial charge in [0, 0.05) is 5.56 Å². The van der Waals surface area contributed by atoms with E-state index < -0.39 is 11.7 Å². The molecule has 82 valence electrons. The van der Waals surface area contributed by atoms with Crippen LogP contribution in [0, 0.1) is 0 Å². The van der Waals surface area contributed by atoms with E-state index in [4.69, 9.17) is 4.74 Å². The SMILES string of the molecule is C=C(C)c1cc(C(F)(F)F)ccc1OC. The summed E-state index contributed by atoms with van der Waals surface area (Å²) >= 11 is 0. The molecule has 1 aromatic carbocycles. The molecule has 15 heavy (non-hydrogen) atoms. The second-order valence-electron chi connectivity index (χ2n) is 3.19. The van der Waals surface area contributed by atoms with Crippen molar-refractivity contribution in [2.75, 3.05) is 7.11 Å². The molecule has 0 radical (unpaired) electrons. The minimum Gasteiger partial charge on any atom is -0.496 e. The Morgan fingerprint density at radius 3 is 2.33 bits per heavy atom. The highest BCUT2D eigenvalue weighted by atomic mass is 19.4. The molecule has 0 saturated heterocycles. The number of alkyl halides is 3. The lowest BCUT2D eigenvalue weighted by Crippen LogP contribution is -2.05. The monoisotopic (exact) mass is 216 g/mol. The number of halogens is 3. The number of hydrogen-bond donors (Lipinski definition) is 0. The van der Waals surface area contributed by atoms with Crippen LogP contribution in [0.4, 0.5) is 13.2 Å². The van der Waals surface area contributed by atoms with E-state index in [1.807, 2.05) is 0 Å². The van der Waals surface area contributed by atoms with Crippen molar-refractivity contribution >= 4 is 5.57 Å². The molecule has 0 N–H and O–H groups in total. The average Bonchev–Trinajstić information content (AvgIpc) is 2.15. The van der Waals surface area contributed by atoms with E-state index >= 15 is 0 Å². The third kappa shape index (κ3) is 2.52. The fraction of sp³-hybridized carbons (Fsp3) is 0.273. The number of benzene rings is 1. The molecule has 4 heteroatoms. The van der Waals surface area contributed by atoms with Gasteiger partial charge in [0.15, 0.2) is 0 Å². The Kier molecular flexibility index (Phi) is 3.07. The van der Waals surface area contributed by atoms with E-state index in [1.165, 1.54) is 13.2 Å². The summed E-state index contributed by atoms with van der Waals surface area (Å²) in [6.07, 6.45) is -4.34. The van der Waals surface area contributed by atoms with Crippen LogP contribution in [0.2, 0.25) is 0 Å². The molecule has 0 aliphatic heterocycles. The Balaban J connectivity index is 3.28. The molecule has 0 heterocycles. The van der Waals surface area contributed by atoms with Gasteiger partial charge < -0.3 is 4.74 Å². The molecule has 0 aliphatic carbocycles.